The summed E-state index contributed by atoms with van der Waals surface area (Å²) in [6.45, 7) is 5.74. The van der Waals surface area contributed by atoms with Crippen molar-refractivity contribution in [1.29, 1.82) is 0 Å². The highest BCUT2D eigenvalue weighted by Gasteiger charge is 2.26. The van der Waals surface area contributed by atoms with Crippen LogP contribution in [-0.2, 0) is 4.74 Å². The third-order valence-corrected chi connectivity index (χ3v) is 5.96. The zero-order valence-corrected chi connectivity index (χ0v) is 16.3. The van der Waals surface area contributed by atoms with E-state index in [-0.39, 0.29) is 6.10 Å². The third-order valence-electron chi connectivity index (χ3n) is 5.96. The Hall–Kier alpha value is -1.92. The van der Waals surface area contributed by atoms with E-state index >= 15 is 0 Å². The van der Waals surface area contributed by atoms with Gasteiger partial charge in [-0.05, 0) is 57.1 Å². The molecule has 3 heterocycles. The van der Waals surface area contributed by atoms with Crippen molar-refractivity contribution < 1.29 is 9.84 Å². The minimum Gasteiger partial charge on any atom is -0.393 e. The summed E-state index contributed by atoms with van der Waals surface area (Å²) in [5.41, 5.74) is 4.87. The quantitative estimate of drug-likeness (QED) is 0.838. The van der Waals surface area contributed by atoms with Crippen molar-refractivity contribution in [3.8, 4) is 0 Å². The Kier molecular flexibility index (Phi) is 5.45. The van der Waals surface area contributed by atoms with Crippen molar-refractivity contribution in [1.82, 2.24) is 14.6 Å². The molecule has 146 valence electrons. The van der Waals surface area contributed by atoms with Gasteiger partial charge in [-0.1, -0.05) is 13.0 Å². The van der Waals surface area contributed by atoms with Gasteiger partial charge in [0.25, 0.3) is 0 Å². The second-order valence-corrected chi connectivity index (χ2v) is 7.88. The van der Waals surface area contributed by atoms with Crippen LogP contribution in [0.15, 0.2) is 18.3 Å². The van der Waals surface area contributed by atoms with Crippen LogP contribution in [0.25, 0.3) is 11.1 Å². The van der Waals surface area contributed by atoms with E-state index < -0.39 is 0 Å². The zero-order valence-electron chi connectivity index (χ0n) is 16.3. The van der Waals surface area contributed by atoms with Gasteiger partial charge in [0.05, 0.1) is 31.0 Å². The monoisotopic (exact) mass is 370 g/mol. The Bertz CT molecular complexity index is 821. The number of hydrogen-bond acceptors (Lipinski definition) is 5. The van der Waals surface area contributed by atoms with Crippen LogP contribution in [0.5, 0.6) is 0 Å². The minimum absolute atomic E-state index is 0.151. The van der Waals surface area contributed by atoms with Crippen LogP contribution < -0.4 is 5.32 Å². The Labute approximate surface area is 160 Å². The zero-order chi connectivity index (χ0) is 18.8. The highest BCUT2D eigenvalue weighted by molar-refractivity contribution is 5.79. The van der Waals surface area contributed by atoms with E-state index in [1.54, 1.807) is 0 Å². The second-order valence-electron chi connectivity index (χ2n) is 7.88. The summed E-state index contributed by atoms with van der Waals surface area (Å²) in [6.07, 6.45) is 9.68. The normalized spacial score (nSPS) is 24.6. The van der Waals surface area contributed by atoms with E-state index in [9.17, 15) is 5.11 Å². The Morgan fingerprint density at radius 2 is 2.15 bits per heavy atom. The minimum atomic E-state index is -0.151. The maximum atomic E-state index is 9.90. The maximum absolute atomic E-state index is 9.90. The fraction of sp³-hybridized carbons (Fsp3) is 0.619. The first-order valence-corrected chi connectivity index (χ1v) is 10.3. The lowest BCUT2D eigenvalue weighted by atomic mass is 9.85. The molecule has 0 saturated heterocycles. The number of aromatic nitrogens is 3. The standard InChI is InChI=1S/C21H30N4O2/c1-3-14(2)23-21-22-13-20-18(15-8-10-27-11-9-15)12-19(25(20)24-21)16-4-6-17(26)7-5-16/h8,12-14,16-17,26H,3-7,9-11H2,1-2H3,(H,23,24)/t14-,16-,17-/m0/s1. The van der Waals surface area contributed by atoms with E-state index in [0.717, 1.165) is 50.6 Å². The van der Waals surface area contributed by atoms with Crippen molar-refractivity contribution in [2.75, 3.05) is 18.5 Å². The highest BCUT2D eigenvalue weighted by Crippen LogP contribution is 2.37. The molecule has 1 saturated carbocycles. The molecule has 2 aromatic heterocycles. The molecule has 0 bridgehead atoms. The lowest BCUT2D eigenvalue weighted by Gasteiger charge is -2.25. The molecule has 1 aliphatic carbocycles. The Morgan fingerprint density at radius 3 is 2.85 bits per heavy atom. The molecule has 1 atom stereocenters. The predicted molar refractivity (Wildman–Crippen MR) is 107 cm³/mol. The van der Waals surface area contributed by atoms with Crippen LogP contribution in [0.3, 0.4) is 0 Å². The molecule has 2 N–H and O–H groups in total. The van der Waals surface area contributed by atoms with Crippen LogP contribution in [0, 0.1) is 0 Å². The Balaban J connectivity index is 1.76. The van der Waals surface area contributed by atoms with Gasteiger partial charge < -0.3 is 15.2 Å². The Morgan fingerprint density at radius 1 is 1.33 bits per heavy atom. The first-order chi connectivity index (χ1) is 13.2. The number of rotatable bonds is 5. The summed E-state index contributed by atoms with van der Waals surface area (Å²) in [5, 5.41) is 18.1. The van der Waals surface area contributed by atoms with Crippen molar-refractivity contribution in [3.05, 3.63) is 29.6 Å². The molecule has 1 aliphatic heterocycles. The number of aliphatic hydroxyl groups is 1. The van der Waals surface area contributed by atoms with E-state index in [1.165, 1.54) is 16.8 Å². The molecule has 6 nitrogen and oxygen atoms in total. The molecule has 2 aliphatic rings. The number of fused-ring (bicyclic) bond motifs is 1. The summed E-state index contributed by atoms with van der Waals surface area (Å²) in [5.74, 6) is 1.11. The molecule has 4 rings (SSSR count). The van der Waals surface area contributed by atoms with Gasteiger partial charge in [0.1, 0.15) is 0 Å². The summed E-state index contributed by atoms with van der Waals surface area (Å²) in [4.78, 5) is 4.58. The van der Waals surface area contributed by atoms with Gasteiger partial charge in [0, 0.05) is 23.2 Å². The van der Waals surface area contributed by atoms with Gasteiger partial charge in [-0.3, -0.25) is 0 Å². The van der Waals surface area contributed by atoms with E-state index in [4.69, 9.17) is 9.84 Å². The van der Waals surface area contributed by atoms with Crippen LogP contribution in [0.1, 0.15) is 69.5 Å². The number of nitrogens with one attached hydrogen (secondary N) is 1. The third kappa shape index (κ3) is 3.87. The largest absolute Gasteiger partial charge is 0.393 e. The molecule has 0 radical (unpaired) electrons. The number of anilines is 1. The van der Waals surface area contributed by atoms with Crippen LogP contribution in [-0.4, -0.2) is 45.1 Å². The van der Waals surface area contributed by atoms with Crippen molar-refractivity contribution >= 4 is 17.0 Å². The average Bonchev–Trinajstić information content (AvgIpc) is 3.08. The molecular formula is C21H30N4O2. The van der Waals surface area contributed by atoms with Gasteiger partial charge >= 0.3 is 0 Å². The van der Waals surface area contributed by atoms with Gasteiger partial charge in [-0.15, -0.1) is 5.10 Å². The average molecular weight is 370 g/mol. The molecule has 1 fully saturated rings. The molecule has 0 amide bonds. The molecule has 0 unspecified atom stereocenters. The van der Waals surface area contributed by atoms with Crippen molar-refractivity contribution in [3.63, 3.8) is 0 Å². The van der Waals surface area contributed by atoms with Gasteiger partial charge in [0.2, 0.25) is 5.95 Å². The number of ether oxygens (including phenoxy) is 1. The fourth-order valence-corrected chi connectivity index (χ4v) is 4.09. The van der Waals surface area contributed by atoms with Gasteiger partial charge in [0.15, 0.2) is 0 Å². The molecular weight excluding hydrogens is 340 g/mol. The first kappa shape index (κ1) is 18.4. The highest BCUT2D eigenvalue weighted by atomic mass is 16.5. The number of aliphatic hydroxyl groups excluding tert-OH is 1. The van der Waals surface area contributed by atoms with Gasteiger partial charge in [-0.25, -0.2) is 9.50 Å². The second kappa shape index (κ2) is 7.98. The van der Waals surface area contributed by atoms with Gasteiger partial charge in [-0.2, -0.15) is 0 Å². The van der Waals surface area contributed by atoms with Crippen LogP contribution in [0.4, 0.5) is 5.95 Å². The number of nitrogens with zero attached hydrogens (tertiary/aromatic N) is 3. The summed E-state index contributed by atoms with van der Waals surface area (Å²) in [6, 6.07) is 2.64. The SMILES string of the molecule is CC[C@H](C)Nc1ncc2c(C3=CCOCC3)cc([C@H]3CC[C@H](O)CC3)n2n1. The molecule has 0 spiro atoms. The topological polar surface area (TPSA) is 71.7 Å². The van der Waals surface area contributed by atoms with Crippen LogP contribution >= 0.6 is 0 Å². The summed E-state index contributed by atoms with van der Waals surface area (Å²) < 4.78 is 7.58. The van der Waals surface area contributed by atoms with Crippen molar-refractivity contribution in [2.45, 2.75) is 70.4 Å². The van der Waals surface area contributed by atoms with E-state index in [2.05, 4.69) is 40.8 Å². The molecule has 2 aromatic rings. The fourth-order valence-electron chi connectivity index (χ4n) is 4.09. The lowest BCUT2D eigenvalue weighted by molar-refractivity contribution is 0.121. The van der Waals surface area contributed by atoms with E-state index in [0.29, 0.717) is 24.5 Å². The maximum Gasteiger partial charge on any atom is 0.241 e. The predicted octanol–water partition coefficient (Wildman–Crippen LogP) is 3.76. The lowest BCUT2D eigenvalue weighted by Crippen LogP contribution is -2.19. The van der Waals surface area contributed by atoms with Crippen molar-refractivity contribution in [2.24, 2.45) is 0 Å². The summed E-state index contributed by atoms with van der Waals surface area (Å²) >= 11 is 0. The molecule has 27 heavy (non-hydrogen) atoms. The first-order valence-electron chi connectivity index (χ1n) is 10.3. The summed E-state index contributed by atoms with van der Waals surface area (Å²) in [7, 11) is 0. The number of hydrogen-bond donors (Lipinski definition) is 2. The molecule has 0 aromatic carbocycles. The van der Waals surface area contributed by atoms with E-state index in [1.807, 2.05) is 6.20 Å². The molecule has 6 heteroatoms. The van der Waals surface area contributed by atoms with Crippen LogP contribution in [0.2, 0.25) is 0 Å². The smallest absolute Gasteiger partial charge is 0.241 e.